The first-order chi connectivity index (χ1) is 18.0. The first-order valence-electron chi connectivity index (χ1n) is 10.8. The van der Waals surface area contributed by atoms with Crippen LogP contribution in [0.25, 0.3) is 0 Å². The molecule has 0 saturated carbocycles. The monoisotopic (exact) mass is 540 g/mol. The zero-order valence-corrected chi connectivity index (χ0v) is 20.3. The number of anilines is 2. The maximum atomic E-state index is 12.9. The van der Waals surface area contributed by atoms with Gasteiger partial charge in [-0.25, -0.2) is 8.42 Å². The first-order valence-corrected chi connectivity index (χ1v) is 12.3. The van der Waals surface area contributed by atoms with Gasteiger partial charge in [0.05, 0.1) is 38.3 Å². The number of hydrogen-bond donors (Lipinski definition) is 5. The molecule has 1 aliphatic rings. The number of nitro groups is 1. The van der Waals surface area contributed by atoms with E-state index in [0.717, 1.165) is 11.6 Å². The molecule has 0 radical (unpaired) electrons. The van der Waals surface area contributed by atoms with Crippen molar-refractivity contribution in [2.75, 3.05) is 10.5 Å². The molecule has 4 rings (SSSR count). The molecule has 0 saturated heterocycles. The largest absolute Gasteiger partial charge is 0.857 e. The summed E-state index contributed by atoms with van der Waals surface area (Å²) in [5, 5.41) is 57.6. The van der Waals surface area contributed by atoms with Crippen LogP contribution in [0.5, 0.6) is 0 Å². The van der Waals surface area contributed by atoms with Crippen molar-refractivity contribution in [2.45, 2.75) is 17.9 Å². The molecule has 3 aromatic rings. The highest BCUT2D eigenvalue weighted by Gasteiger charge is 2.25. The van der Waals surface area contributed by atoms with E-state index in [1.807, 2.05) is 0 Å². The van der Waals surface area contributed by atoms with E-state index >= 15 is 0 Å². The maximum absolute atomic E-state index is 12.9. The lowest BCUT2D eigenvalue weighted by atomic mass is 10.0. The Balaban J connectivity index is 1.75. The molecule has 3 aromatic carbocycles. The first kappa shape index (κ1) is 26.5. The van der Waals surface area contributed by atoms with Gasteiger partial charge in [0.15, 0.2) is 0 Å². The number of non-ortho nitro benzene ring substituents is 1. The van der Waals surface area contributed by atoms with Gasteiger partial charge in [0.25, 0.3) is 15.7 Å². The summed E-state index contributed by atoms with van der Waals surface area (Å²) in [7, 11) is -4.17. The number of hydrazine groups is 1. The highest BCUT2D eigenvalue weighted by atomic mass is 32.2. The Morgan fingerprint density at radius 1 is 1.11 bits per heavy atom. The molecule has 15 heteroatoms. The van der Waals surface area contributed by atoms with Crippen LogP contribution in [0.2, 0.25) is 0 Å². The molecule has 5 N–H and O–H groups in total. The van der Waals surface area contributed by atoms with Crippen LogP contribution in [0.15, 0.2) is 88.0 Å². The van der Waals surface area contributed by atoms with Crippen LogP contribution in [-0.4, -0.2) is 29.6 Å². The molecule has 1 unspecified atom stereocenters. The van der Waals surface area contributed by atoms with E-state index in [0.29, 0.717) is 0 Å². The average Bonchev–Trinajstić information content (AvgIpc) is 2.88. The minimum absolute atomic E-state index is 0.0233. The number of nitrogens with one attached hydrogen (secondary N) is 3. The predicted molar refractivity (Wildman–Crippen MR) is 135 cm³/mol. The van der Waals surface area contributed by atoms with Crippen molar-refractivity contribution < 1.29 is 28.8 Å². The van der Waals surface area contributed by atoms with Crippen LogP contribution in [0.1, 0.15) is 17.2 Å². The Morgan fingerprint density at radius 2 is 1.76 bits per heavy atom. The Labute approximate surface area is 215 Å². The normalized spacial score (nSPS) is 15.0. The van der Waals surface area contributed by atoms with E-state index in [4.69, 9.17) is 5.21 Å². The fraction of sp³-hybridized carbons (Fsp3) is 0.0870. The number of benzene rings is 3. The highest BCUT2D eigenvalue weighted by molar-refractivity contribution is 7.89. The molecule has 0 aliphatic carbocycles. The molecular formula is C23H20N6O8S-2. The van der Waals surface area contributed by atoms with Crippen molar-refractivity contribution >= 4 is 38.7 Å². The van der Waals surface area contributed by atoms with E-state index in [-0.39, 0.29) is 49.8 Å². The zero-order chi connectivity index (χ0) is 27.6. The third-order valence-corrected chi connectivity index (χ3v) is 6.78. The summed E-state index contributed by atoms with van der Waals surface area (Å²) in [6.07, 6.45) is -1.66. The number of sulfonamides is 1. The predicted octanol–water partition coefficient (Wildman–Crippen LogP) is 1.84. The van der Waals surface area contributed by atoms with E-state index in [9.17, 15) is 34.0 Å². The lowest BCUT2D eigenvalue weighted by molar-refractivity contribution is -0.384. The molecule has 38 heavy (non-hydrogen) atoms. The summed E-state index contributed by atoms with van der Waals surface area (Å²) < 4.78 is 25.7. The molecular weight excluding hydrogens is 520 g/mol. The topological polar surface area (TPSA) is 216 Å². The van der Waals surface area contributed by atoms with Crippen molar-refractivity contribution in [3.8, 4) is 0 Å². The smallest absolute Gasteiger partial charge is 0.271 e. The molecule has 14 nitrogen and oxygen atoms in total. The molecule has 0 bridgehead atoms. The van der Waals surface area contributed by atoms with Gasteiger partial charge in [-0.15, -0.1) is 4.83 Å². The molecule has 0 spiro atoms. The van der Waals surface area contributed by atoms with Crippen molar-refractivity contribution in [1.82, 2.24) is 10.3 Å². The van der Waals surface area contributed by atoms with Gasteiger partial charge >= 0.3 is 0 Å². The fourth-order valence-electron chi connectivity index (χ4n) is 3.48. The Bertz CT molecular complexity index is 1540. The van der Waals surface area contributed by atoms with Crippen LogP contribution >= 0.6 is 0 Å². The van der Waals surface area contributed by atoms with Gasteiger partial charge in [0, 0.05) is 18.0 Å². The Kier molecular flexibility index (Phi) is 7.29. The maximum Gasteiger partial charge on any atom is 0.271 e. The van der Waals surface area contributed by atoms with Crippen LogP contribution in [0, 0.1) is 22.2 Å². The number of fused-ring (bicyclic) bond motifs is 1. The van der Waals surface area contributed by atoms with Gasteiger partial charge in [-0.05, 0) is 42.8 Å². The minimum atomic E-state index is -4.17. The quantitative estimate of drug-likeness (QED) is 0.205. The second-order valence-electron chi connectivity index (χ2n) is 8.10. The number of aliphatic hydroxyl groups excluding tert-OH is 1. The number of rotatable bonds is 8. The second-order valence-corrected chi connectivity index (χ2v) is 9.78. The van der Waals surface area contributed by atoms with Gasteiger partial charge in [-0.3, -0.25) is 20.3 Å². The van der Waals surface area contributed by atoms with Crippen molar-refractivity contribution in [2.24, 2.45) is 4.99 Å². The van der Waals surface area contributed by atoms with Crippen LogP contribution < -0.4 is 25.9 Å². The van der Waals surface area contributed by atoms with Crippen molar-refractivity contribution in [3.05, 3.63) is 105 Å². The zero-order valence-electron chi connectivity index (χ0n) is 19.5. The Hall–Kier alpha value is -4.54. The van der Waals surface area contributed by atoms with Crippen LogP contribution in [-0.2, 0) is 10.0 Å². The SMILES string of the molecule is Cc1ccc(S(=O)(=O)NNC(=C2Nc3ccc([N+](=O)[O-])cc3N=C2[O-])C(O)c2ccc(N([O-])O)cc2)cc1. The van der Waals surface area contributed by atoms with Gasteiger partial charge in [-0.2, -0.15) is 0 Å². The van der Waals surface area contributed by atoms with Gasteiger partial charge in [0.1, 0.15) is 6.10 Å². The van der Waals surface area contributed by atoms with E-state index in [1.165, 1.54) is 48.5 Å². The summed E-state index contributed by atoms with van der Waals surface area (Å²) in [5.74, 6) is -0.952. The molecule has 0 fully saturated rings. The van der Waals surface area contributed by atoms with E-state index < -0.39 is 26.9 Å². The molecule has 1 aliphatic heterocycles. The van der Waals surface area contributed by atoms with Crippen molar-refractivity contribution in [3.63, 3.8) is 0 Å². The Morgan fingerprint density at radius 3 is 2.37 bits per heavy atom. The molecule has 198 valence electrons. The van der Waals surface area contributed by atoms with Crippen molar-refractivity contribution in [1.29, 1.82) is 0 Å². The van der Waals surface area contributed by atoms with E-state index in [2.05, 4.69) is 20.6 Å². The number of aryl methyl sites for hydroxylation is 1. The minimum Gasteiger partial charge on any atom is -0.857 e. The molecule has 0 amide bonds. The highest BCUT2D eigenvalue weighted by Crippen LogP contribution is 2.35. The number of nitrogens with zero attached hydrogens (tertiary/aromatic N) is 3. The lowest BCUT2D eigenvalue weighted by Gasteiger charge is -2.29. The summed E-state index contributed by atoms with van der Waals surface area (Å²) in [5.41, 5.74) is 2.37. The van der Waals surface area contributed by atoms with Crippen LogP contribution in [0.3, 0.4) is 0 Å². The number of aliphatic hydroxyl groups is 1. The molecule has 0 aromatic heterocycles. The number of aliphatic imine (C=N–C) groups is 1. The second kappa shape index (κ2) is 10.4. The van der Waals surface area contributed by atoms with Gasteiger partial charge in [0.2, 0.25) is 0 Å². The lowest BCUT2D eigenvalue weighted by Crippen LogP contribution is -2.42. The summed E-state index contributed by atoms with van der Waals surface area (Å²) >= 11 is 0. The fourth-order valence-corrected chi connectivity index (χ4v) is 4.34. The standard InChI is InChI=1S/C23H21N6O8S/c1-13-2-9-17(10-3-13)38(36,37)27-26-20(22(30)14-4-6-15(7-5-14)28(32)33)21-23(31)25-19-12-16(29(34)35)8-11-18(19)24-21/h2-12,22,24,26-27,30,32H,1H3,(H,25,31)/q-1/p-1. The van der Waals surface area contributed by atoms with Gasteiger partial charge in [-0.1, -0.05) is 29.8 Å². The third kappa shape index (κ3) is 5.56. The van der Waals surface area contributed by atoms with Crippen LogP contribution in [0.4, 0.5) is 22.7 Å². The average molecular weight is 541 g/mol. The van der Waals surface area contributed by atoms with Gasteiger partial charge < -0.3 is 31.4 Å². The third-order valence-electron chi connectivity index (χ3n) is 5.51. The molecule has 1 atom stereocenters. The summed E-state index contributed by atoms with van der Waals surface area (Å²) in [6.45, 7) is 1.78. The number of nitro benzene ring substituents is 1. The summed E-state index contributed by atoms with van der Waals surface area (Å²) in [6, 6.07) is 14.4. The molecule has 1 heterocycles. The summed E-state index contributed by atoms with van der Waals surface area (Å²) in [4.78, 5) is 16.3. The van der Waals surface area contributed by atoms with E-state index in [1.54, 1.807) is 19.1 Å². The number of hydrogen-bond acceptors (Lipinski definition) is 12.